The van der Waals surface area contributed by atoms with Gasteiger partial charge in [-0.05, 0) is 42.8 Å². The number of rotatable bonds is 4. The molecule has 0 saturated heterocycles. The first kappa shape index (κ1) is 19.7. The Bertz CT molecular complexity index is 1190. The zero-order chi connectivity index (χ0) is 21.3. The summed E-state index contributed by atoms with van der Waals surface area (Å²) in [7, 11) is 0. The second kappa shape index (κ2) is 7.67. The van der Waals surface area contributed by atoms with Gasteiger partial charge in [0, 0.05) is 28.8 Å². The van der Waals surface area contributed by atoms with E-state index in [9.17, 15) is 18.3 Å². The van der Waals surface area contributed by atoms with E-state index >= 15 is 0 Å². The average Bonchev–Trinajstić information content (AvgIpc) is 2.72. The van der Waals surface area contributed by atoms with Crippen molar-refractivity contribution in [1.29, 1.82) is 0 Å². The second-order valence-corrected chi connectivity index (χ2v) is 7.06. The summed E-state index contributed by atoms with van der Waals surface area (Å²) < 4.78 is 39.0. The first-order chi connectivity index (χ1) is 14.3. The summed E-state index contributed by atoms with van der Waals surface area (Å²) in [5.74, 6) is 0.651. The fraction of sp³-hybridized carbons (Fsp3) is 0.130. The van der Waals surface area contributed by atoms with Crippen LogP contribution in [0.1, 0.15) is 28.3 Å². The number of phenolic OH excluding ortho intramolecular Hbond substituents is 1. The summed E-state index contributed by atoms with van der Waals surface area (Å²) in [6.45, 7) is 1.93. The Balaban J connectivity index is 1.82. The van der Waals surface area contributed by atoms with E-state index in [-0.39, 0.29) is 5.75 Å². The molecule has 7 heteroatoms. The van der Waals surface area contributed by atoms with Crippen LogP contribution in [0.5, 0.6) is 5.75 Å². The summed E-state index contributed by atoms with van der Waals surface area (Å²) in [4.78, 5) is 7.33. The van der Waals surface area contributed by atoms with Gasteiger partial charge in [0.25, 0.3) is 5.82 Å². The van der Waals surface area contributed by atoms with Gasteiger partial charge >= 0.3 is 6.18 Å². The van der Waals surface area contributed by atoms with Crippen molar-refractivity contribution in [2.45, 2.75) is 19.1 Å². The van der Waals surface area contributed by atoms with E-state index in [0.717, 1.165) is 23.1 Å². The average molecular weight is 410 g/mol. The maximum atomic E-state index is 13.0. The van der Waals surface area contributed by atoms with Crippen LogP contribution >= 0.6 is 0 Å². The first-order valence-electron chi connectivity index (χ1n) is 9.31. The van der Waals surface area contributed by atoms with Crippen molar-refractivity contribution in [2.24, 2.45) is 0 Å². The third kappa shape index (κ3) is 3.91. The van der Waals surface area contributed by atoms with Gasteiger partial charge < -0.3 is 5.11 Å². The molecule has 0 amide bonds. The van der Waals surface area contributed by atoms with Crippen LogP contribution in [0.25, 0.3) is 10.9 Å². The summed E-state index contributed by atoms with van der Waals surface area (Å²) in [6, 6.07) is 15.3. The molecule has 0 unspecified atom stereocenters. The lowest BCUT2D eigenvalue weighted by Gasteiger charge is -2.18. The van der Waals surface area contributed by atoms with Crippen molar-refractivity contribution in [1.82, 2.24) is 4.98 Å². The molecule has 152 valence electrons. The number of nitrogens with one attached hydrogen (secondary N) is 2. The zero-order valence-corrected chi connectivity index (χ0v) is 16.0. The van der Waals surface area contributed by atoms with Crippen LogP contribution < -0.4 is 10.3 Å². The number of alkyl halides is 3. The summed E-state index contributed by atoms with van der Waals surface area (Å²) >= 11 is 0. The number of aromatic amines is 1. The Morgan fingerprint density at radius 2 is 1.80 bits per heavy atom. The highest BCUT2D eigenvalue weighted by Crippen LogP contribution is 2.37. The number of H-pyrrole nitrogens is 1. The van der Waals surface area contributed by atoms with Crippen molar-refractivity contribution >= 4 is 16.7 Å². The highest BCUT2D eigenvalue weighted by Gasteiger charge is 2.31. The maximum Gasteiger partial charge on any atom is 0.416 e. The number of aromatic nitrogens is 2. The van der Waals surface area contributed by atoms with Gasteiger partial charge in [-0.15, -0.1) is 0 Å². The molecular weight excluding hydrogens is 391 g/mol. The molecular formula is C23H19F3N3O+. The molecule has 0 fully saturated rings. The van der Waals surface area contributed by atoms with E-state index in [1.807, 2.05) is 31.2 Å². The van der Waals surface area contributed by atoms with Crippen molar-refractivity contribution in [3.05, 3.63) is 95.3 Å². The molecule has 0 aliphatic carbocycles. The Kier molecular flexibility index (Phi) is 5.03. The SMILES string of the molecule is Cc1cc[nH+]c(N[C@H](c2ccc(C(F)(F)F)cc2)c2ccc3cccnc3c2O)c1. The first-order valence-corrected chi connectivity index (χ1v) is 9.31. The lowest BCUT2D eigenvalue weighted by atomic mass is 9.95. The molecule has 1 atom stereocenters. The fourth-order valence-electron chi connectivity index (χ4n) is 3.40. The lowest BCUT2D eigenvalue weighted by Crippen LogP contribution is -2.19. The molecule has 2 aromatic carbocycles. The van der Waals surface area contributed by atoms with E-state index in [1.165, 1.54) is 12.1 Å². The second-order valence-electron chi connectivity index (χ2n) is 7.06. The van der Waals surface area contributed by atoms with Crippen molar-refractivity contribution < 1.29 is 23.3 Å². The molecule has 0 aliphatic heterocycles. The van der Waals surface area contributed by atoms with Crippen molar-refractivity contribution in [2.75, 3.05) is 5.32 Å². The lowest BCUT2D eigenvalue weighted by molar-refractivity contribution is -0.361. The normalized spacial score (nSPS) is 12.7. The number of pyridine rings is 2. The third-order valence-electron chi connectivity index (χ3n) is 4.92. The minimum absolute atomic E-state index is 0.0156. The number of aryl methyl sites for hydroxylation is 1. The van der Waals surface area contributed by atoms with Crippen molar-refractivity contribution in [3.8, 4) is 5.75 Å². The highest BCUT2D eigenvalue weighted by molar-refractivity contribution is 5.86. The largest absolute Gasteiger partial charge is 0.505 e. The quantitative estimate of drug-likeness (QED) is 0.481. The van der Waals surface area contributed by atoms with Gasteiger partial charge in [0.15, 0.2) is 0 Å². The molecule has 0 bridgehead atoms. The number of nitrogens with zero attached hydrogens (tertiary/aromatic N) is 1. The Labute approximate surface area is 171 Å². The Hall–Kier alpha value is -3.61. The summed E-state index contributed by atoms with van der Waals surface area (Å²) in [6.07, 6.45) is -1.06. The predicted octanol–water partition coefficient (Wildman–Crippen LogP) is 5.28. The fourth-order valence-corrected chi connectivity index (χ4v) is 3.40. The number of halogens is 3. The molecule has 0 radical (unpaired) electrons. The van der Waals surface area contributed by atoms with Gasteiger partial charge in [-0.25, -0.2) is 4.98 Å². The van der Waals surface area contributed by atoms with E-state index in [1.54, 1.807) is 24.5 Å². The number of hydrogen-bond acceptors (Lipinski definition) is 3. The van der Waals surface area contributed by atoms with E-state index in [0.29, 0.717) is 22.5 Å². The Morgan fingerprint density at radius 3 is 2.50 bits per heavy atom. The van der Waals surface area contributed by atoms with E-state index in [2.05, 4.69) is 15.3 Å². The minimum atomic E-state index is -4.42. The predicted molar refractivity (Wildman–Crippen MR) is 108 cm³/mol. The van der Waals surface area contributed by atoms with Gasteiger partial charge in [0.05, 0.1) is 11.8 Å². The number of anilines is 1. The number of benzene rings is 2. The number of fused-ring (bicyclic) bond motifs is 1. The van der Waals surface area contributed by atoms with Crippen LogP contribution in [0.2, 0.25) is 0 Å². The van der Waals surface area contributed by atoms with Gasteiger partial charge in [-0.3, -0.25) is 10.3 Å². The van der Waals surface area contributed by atoms with Crippen molar-refractivity contribution in [3.63, 3.8) is 0 Å². The third-order valence-corrected chi connectivity index (χ3v) is 4.92. The van der Waals surface area contributed by atoms with E-state index < -0.39 is 17.8 Å². The molecule has 0 spiro atoms. The molecule has 2 heterocycles. The molecule has 4 nitrogen and oxygen atoms in total. The maximum absolute atomic E-state index is 13.0. The van der Waals surface area contributed by atoms with Crippen LogP contribution in [0.4, 0.5) is 19.0 Å². The summed E-state index contributed by atoms with van der Waals surface area (Å²) in [5.41, 5.74) is 1.80. The van der Waals surface area contributed by atoms with Gasteiger partial charge in [-0.2, -0.15) is 13.2 Å². The number of aromatic hydroxyl groups is 1. The van der Waals surface area contributed by atoms with Crippen LogP contribution in [-0.4, -0.2) is 10.1 Å². The van der Waals surface area contributed by atoms with Crippen LogP contribution in [0, 0.1) is 6.92 Å². The van der Waals surface area contributed by atoms with Gasteiger partial charge in [-0.1, -0.05) is 24.3 Å². The number of hydrogen-bond donors (Lipinski definition) is 2. The standard InChI is InChI=1S/C23H18F3N3O/c1-14-10-12-27-19(13-14)29-20(16-4-7-17(8-5-16)23(24,25)26)18-9-6-15-3-2-11-28-21(15)22(18)30/h2-13,20,30H,1H3,(H,27,29)/p+1/t20-/m1/s1. The topological polar surface area (TPSA) is 59.3 Å². The Morgan fingerprint density at radius 1 is 1.03 bits per heavy atom. The molecule has 2 aromatic heterocycles. The highest BCUT2D eigenvalue weighted by atomic mass is 19.4. The van der Waals surface area contributed by atoms with Crippen LogP contribution in [0.3, 0.4) is 0 Å². The molecule has 0 saturated carbocycles. The zero-order valence-electron chi connectivity index (χ0n) is 16.0. The molecule has 4 aromatic rings. The smallest absolute Gasteiger partial charge is 0.416 e. The monoisotopic (exact) mass is 410 g/mol. The van der Waals surface area contributed by atoms with Gasteiger partial charge in [0.2, 0.25) is 0 Å². The van der Waals surface area contributed by atoms with Crippen LogP contribution in [0.15, 0.2) is 73.1 Å². The van der Waals surface area contributed by atoms with Gasteiger partial charge in [0.1, 0.15) is 17.3 Å². The minimum Gasteiger partial charge on any atom is -0.505 e. The summed E-state index contributed by atoms with van der Waals surface area (Å²) in [5, 5.41) is 15.0. The van der Waals surface area contributed by atoms with Crippen LogP contribution in [-0.2, 0) is 6.18 Å². The molecule has 4 rings (SSSR count). The van der Waals surface area contributed by atoms with E-state index in [4.69, 9.17) is 0 Å². The molecule has 3 N–H and O–H groups in total. The molecule has 30 heavy (non-hydrogen) atoms. The molecule has 0 aliphatic rings. The number of phenols is 1.